The van der Waals surface area contributed by atoms with Crippen molar-refractivity contribution in [3.8, 4) is 20.0 Å². The molecule has 0 radical (unpaired) electrons. The molecule has 1 aromatic carbocycles. The Kier molecular flexibility index (Phi) is 30.8. The zero-order valence-corrected chi connectivity index (χ0v) is 86.7. The van der Waals surface area contributed by atoms with Gasteiger partial charge >= 0.3 is 24.1 Å². The molecule has 9 amide bonds. The summed E-state index contributed by atoms with van der Waals surface area (Å²) < 4.78 is 34.1. The molecule has 12 aromatic heterocycles. The van der Waals surface area contributed by atoms with Crippen molar-refractivity contribution in [3.63, 3.8) is 0 Å². The van der Waals surface area contributed by atoms with Gasteiger partial charge in [0.05, 0.1) is 35.1 Å². The summed E-state index contributed by atoms with van der Waals surface area (Å²) in [7, 11) is -3.27. The molecule has 15 heterocycles. The van der Waals surface area contributed by atoms with E-state index in [4.69, 9.17) is 0 Å². The minimum atomic E-state index is -3.27. The smallest absolute Gasteiger partial charge is 0.320 e. The topological polar surface area (TPSA) is 313 Å². The number of rotatable bonds is 23. The molecule has 21 rings (SSSR count). The maximum absolute atomic E-state index is 13.1. The van der Waals surface area contributed by atoms with E-state index in [1.807, 2.05) is 105 Å². The molecule has 0 atom stereocenters. The summed E-state index contributed by atoms with van der Waals surface area (Å²) >= 11 is 13.1. The van der Waals surface area contributed by atoms with Gasteiger partial charge in [-0.1, -0.05) is 29.8 Å². The van der Waals surface area contributed by atoms with Gasteiger partial charge in [-0.2, -0.15) is 4.31 Å². The number of nitrogens with one attached hydrogen (secondary N) is 8. The van der Waals surface area contributed by atoms with Crippen LogP contribution >= 0.6 is 90.7 Å². The number of thiophene rings is 8. The van der Waals surface area contributed by atoms with E-state index in [0.29, 0.717) is 95.5 Å². The van der Waals surface area contributed by atoms with Crippen molar-refractivity contribution in [2.24, 2.45) is 0 Å². The van der Waals surface area contributed by atoms with Gasteiger partial charge in [0.15, 0.2) is 23.1 Å². The van der Waals surface area contributed by atoms with Crippen LogP contribution in [0.5, 0.6) is 0 Å². The molecule has 0 unspecified atom stereocenters. The average molecular weight is 2040 g/mol. The van der Waals surface area contributed by atoms with E-state index in [0.717, 1.165) is 207 Å². The van der Waals surface area contributed by atoms with E-state index in [2.05, 4.69) is 117 Å². The number of ketones is 4. The van der Waals surface area contributed by atoms with Gasteiger partial charge in [-0.3, -0.25) is 50.1 Å². The number of aromatic nitrogens is 4. The molecule has 13 aromatic rings. The third-order valence-corrected chi connectivity index (χ3v) is 38.5. The first-order chi connectivity index (χ1) is 67.2. The highest BCUT2D eigenvalue weighted by Gasteiger charge is 2.36. The zero-order valence-electron chi connectivity index (χ0n) is 79.4. The fourth-order valence-electron chi connectivity index (χ4n) is 20.5. The lowest BCUT2D eigenvalue weighted by Crippen LogP contribution is -2.35. The number of nitrogens with zero attached hydrogens (tertiary/aromatic N) is 7. The second kappa shape index (κ2) is 43.6. The van der Waals surface area contributed by atoms with E-state index >= 15 is 0 Å². The number of anilines is 4. The average Bonchev–Trinajstić information content (AvgIpc) is 1.60. The first kappa shape index (κ1) is 98.2. The SMILES string of the molecule is CC(=O)c1c(NC(=O)NCc2c(-n3cccc3)sc3c2CCCC3)sc2c1CCCC2.CC(=O)c1c(NC(=O)NCc2c(-n3cccc3)sc3c2CCN(C(C)=O)C3)sc2c1CCCC2.CC(=O)c1c(NC(=O)NCc2c(-n3cccc3)sc3c2CCN(Cc2ccc(C)cc2)C3)sc2c1CCCC2.CC(=O)c1c(NC(=O)NCc2c(-n3cccc3)sc3c2CCN(S(C)(=O)=O)C3)sc2c1CCCC2. The molecule has 5 aliphatic carbocycles. The molecule has 0 bridgehead atoms. The molecule has 26 nitrogen and oxygen atoms in total. The Balaban J connectivity index is 0.000000123. The zero-order chi connectivity index (χ0) is 96.9. The molecule has 0 spiro atoms. The number of urea groups is 4. The standard InChI is InChI=1S/C31H34N4O2S2.C25H28N4O3S2.C24H28N4O4S3.C24H27N3O2S2/c1-20-9-11-22(12-10-20)18-34-16-13-23-25(30(39-27(23)19-34)35-14-5-6-15-35)17-32-31(37)33-29-28(21(2)36)24-7-3-4-8-26(24)38-29;1-15(30)22-18-7-3-4-8-20(18)33-23(22)27-25(32)26-13-19-17-9-12-29(16(2)31)14-21(17)34-24(19)28-10-5-6-11-28;1-15(29)21-17-7-3-4-8-19(17)33-22(21)26-24(30)25-13-18-16-9-12-28(35(2,31)32)14-20(16)34-23(18)27-10-5-6-11-27;1-15(28)21-17-9-3-5-11-20(17)30-22(21)26-24(29)25-14-18-16-8-2-4-10-19(16)31-23(18)27-12-6-7-13-27/h5-6,9-12,14-15H,3-4,7-8,13,16-19H2,1-2H3,(H2,32,33,37);5-6,10-11H,3-4,7-9,12-14H2,1-2H3,(H2,26,27,32);5-6,10-11H,3-4,7-9,12-14H2,1-2H3,(H2,25,26,30);6-7,12-13H,2-5,8-11,14H2,1H3,(H2,25,26,29). The molecule has 728 valence electrons. The first-order valence-corrected chi connectivity index (χ1v) is 56.5. The van der Waals surface area contributed by atoms with Gasteiger partial charge in [0.1, 0.15) is 40.0 Å². The lowest BCUT2D eigenvalue weighted by atomic mass is 9.94. The molecule has 35 heteroatoms. The molecule has 8 aliphatic rings. The molecular formula is C104H117N15O11S9. The van der Waals surface area contributed by atoms with Crippen molar-refractivity contribution in [2.45, 2.75) is 242 Å². The van der Waals surface area contributed by atoms with Crippen LogP contribution in [0.4, 0.5) is 39.2 Å². The Morgan fingerprint density at radius 3 is 0.906 bits per heavy atom. The minimum absolute atomic E-state index is 0.00604. The second-order valence-corrected chi connectivity index (χ2v) is 47.6. The van der Waals surface area contributed by atoms with E-state index in [-0.39, 0.29) is 53.2 Å². The van der Waals surface area contributed by atoms with Crippen LogP contribution in [0.15, 0.2) is 122 Å². The largest absolute Gasteiger partial charge is 0.337 e. The number of carbonyl (C=O) groups excluding carboxylic acids is 9. The van der Waals surface area contributed by atoms with Crippen LogP contribution in [0.25, 0.3) is 20.0 Å². The number of aryl methyl sites for hydroxylation is 6. The fraction of sp³-hybridized carbons (Fsp3) is 0.394. The summed E-state index contributed by atoms with van der Waals surface area (Å²) in [6.45, 7) is 16.6. The van der Waals surface area contributed by atoms with Gasteiger partial charge in [-0.25, -0.2) is 27.6 Å². The summed E-state index contributed by atoms with van der Waals surface area (Å²) in [5.41, 5.74) is 19.5. The number of hydrogen-bond donors (Lipinski definition) is 8. The lowest BCUT2D eigenvalue weighted by Gasteiger charge is -2.27. The molecule has 8 N–H and O–H groups in total. The van der Waals surface area contributed by atoms with E-state index in [1.165, 1.54) is 129 Å². The second-order valence-electron chi connectivity index (χ2n) is 36.8. The van der Waals surface area contributed by atoms with Crippen molar-refractivity contribution >= 4 is 174 Å². The Hall–Kier alpha value is -11.0. The molecule has 0 saturated heterocycles. The van der Waals surface area contributed by atoms with Crippen molar-refractivity contribution in [1.82, 2.24) is 53.6 Å². The summed E-state index contributed by atoms with van der Waals surface area (Å²) in [5.74, 6) is 0.141. The molecule has 3 aliphatic heterocycles. The normalized spacial score (nSPS) is 15.3. The van der Waals surface area contributed by atoms with E-state index in [1.54, 1.807) is 80.0 Å². The molecule has 0 saturated carbocycles. The summed E-state index contributed by atoms with van der Waals surface area (Å²) in [4.78, 5) is 127. The molecular weight excluding hydrogens is 1920 g/mol. The number of amides is 9. The van der Waals surface area contributed by atoms with Gasteiger partial charge in [-0.05, 0) is 281 Å². The van der Waals surface area contributed by atoms with Crippen LogP contribution in [-0.4, -0.2) is 120 Å². The minimum Gasteiger partial charge on any atom is -0.337 e. The van der Waals surface area contributed by atoms with Gasteiger partial charge in [-0.15, -0.1) is 90.7 Å². The third-order valence-electron chi connectivity index (χ3n) is 27.2. The predicted molar refractivity (Wildman–Crippen MR) is 561 cm³/mol. The number of benzene rings is 1. The number of Topliss-reactive ketones (excluding diaryl/α,β-unsaturated/α-hetero) is 4. The molecule has 0 fully saturated rings. The van der Waals surface area contributed by atoms with Crippen LogP contribution in [0, 0.1) is 6.92 Å². The monoisotopic (exact) mass is 2040 g/mol. The number of hydrogen-bond acceptors (Lipinski definition) is 20. The number of carbonyl (C=O) groups is 9. The highest BCUT2D eigenvalue weighted by atomic mass is 32.2. The maximum Gasteiger partial charge on any atom is 0.320 e. The van der Waals surface area contributed by atoms with Crippen LogP contribution in [-0.2, 0) is 151 Å². The Morgan fingerprint density at radius 2 is 0.590 bits per heavy atom. The Labute approximate surface area is 842 Å². The van der Waals surface area contributed by atoms with E-state index < -0.39 is 10.0 Å². The quantitative estimate of drug-likeness (QED) is 0.0277. The summed E-state index contributed by atoms with van der Waals surface area (Å²) in [6, 6.07) is 23.6. The van der Waals surface area contributed by atoms with Crippen molar-refractivity contribution in [2.75, 3.05) is 47.2 Å². The lowest BCUT2D eigenvalue weighted by molar-refractivity contribution is -0.129. The van der Waals surface area contributed by atoms with E-state index in [9.17, 15) is 51.6 Å². The Morgan fingerprint density at radius 1 is 0.317 bits per heavy atom. The summed E-state index contributed by atoms with van der Waals surface area (Å²) in [6.07, 6.45) is 40.9. The van der Waals surface area contributed by atoms with Gasteiger partial charge in [0.25, 0.3) is 0 Å². The van der Waals surface area contributed by atoms with Crippen molar-refractivity contribution in [1.29, 1.82) is 0 Å². The highest BCUT2D eigenvalue weighted by molar-refractivity contribution is 7.88. The maximum atomic E-state index is 13.1. The van der Waals surface area contributed by atoms with Crippen LogP contribution in [0.2, 0.25) is 0 Å². The van der Waals surface area contributed by atoms with Gasteiger partial charge < -0.3 is 44.4 Å². The number of sulfonamides is 1. The van der Waals surface area contributed by atoms with Crippen molar-refractivity contribution < 1.29 is 51.6 Å². The van der Waals surface area contributed by atoms with Crippen LogP contribution in [0.3, 0.4) is 0 Å². The molecule has 139 heavy (non-hydrogen) atoms. The summed E-state index contributed by atoms with van der Waals surface area (Å²) in [5, 5.41) is 31.2. The predicted octanol–water partition coefficient (Wildman–Crippen LogP) is 22.0. The number of fused-ring (bicyclic) bond motifs is 8. The Bertz CT molecular complexity index is 6890. The first-order valence-electron chi connectivity index (χ1n) is 48.1. The van der Waals surface area contributed by atoms with Gasteiger partial charge in [0.2, 0.25) is 15.9 Å². The fourth-order valence-corrected chi connectivity index (χ4v) is 32.1. The highest BCUT2D eigenvalue weighted by Crippen LogP contribution is 2.47. The third kappa shape index (κ3) is 22.2. The van der Waals surface area contributed by atoms with Crippen LogP contribution < -0.4 is 42.5 Å². The van der Waals surface area contributed by atoms with Crippen LogP contribution in [0.1, 0.15) is 257 Å². The van der Waals surface area contributed by atoms with Gasteiger partial charge in [0, 0.05) is 183 Å². The van der Waals surface area contributed by atoms with Crippen molar-refractivity contribution in [3.05, 3.63) is 262 Å².